The van der Waals surface area contributed by atoms with Crippen LogP contribution in [0.4, 0.5) is 23.7 Å². The summed E-state index contributed by atoms with van der Waals surface area (Å²) in [6.07, 6.45) is -2.94. The van der Waals surface area contributed by atoms with Crippen LogP contribution >= 0.6 is 0 Å². The Hall–Kier alpha value is -3.60. The smallest absolute Gasteiger partial charge is 0.376 e. The van der Waals surface area contributed by atoms with E-state index < -0.39 is 35.6 Å². The van der Waals surface area contributed by atoms with Crippen LogP contribution in [-0.2, 0) is 15.7 Å². The van der Waals surface area contributed by atoms with Crippen molar-refractivity contribution < 1.29 is 32.3 Å². The fourth-order valence-electron chi connectivity index (χ4n) is 4.38. The Bertz CT molecular complexity index is 1120. The predicted octanol–water partition coefficient (Wildman–Crippen LogP) is 3.67. The van der Waals surface area contributed by atoms with Gasteiger partial charge in [-0.15, -0.1) is 0 Å². The Kier molecular flexibility index (Phi) is 8.01. The molecule has 0 bridgehead atoms. The van der Waals surface area contributed by atoms with E-state index in [4.69, 9.17) is 4.74 Å². The van der Waals surface area contributed by atoms with Crippen molar-refractivity contribution in [2.75, 3.05) is 38.1 Å². The van der Waals surface area contributed by atoms with Gasteiger partial charge in [0.2, 0.25) is 5.91 Å². The fourth-order valence-corrected chi connectivity index (χ4v) is 4.38. The minimum Gasteiger partial charge on any atom is -0.376 e. The lowest BCUT2D eigenvalue weighted by Gasteiger charge is -2.40. The van der Waals surface area contributed by atoms with Crippen molar-refractivity contribution in [3.63, 3.8) is 0 Å². The van der Waals surface area contributed by atoms with Crippen LogP contribution in [0.2, 0.25) is 0 Å². The van der Waals surface area contributed by atoms with Crippen molar-refractivity contribution in [2.45, 2.75) is 38.1 Å². The molecule has 11 heteroatoms. The summed E-state index contributed by atoms with van der Waals surface area (Å²) in [5.41, 5.74) is 0.796. The quantitative estimate of drug-likeness (QED) is 0.632. The molecule has 0 aromatic heterocycles. The van der Waals surface area contributed by atoms with Gasteiger partial charge < -0.3 is 25.2 Å². The molecule has 2 aliphatic rings. The average Bonchev–Trinajstić information content (AvgIpc) is 3.41. The number of anilines is 1. The number of hydrogen-bond donors (Lipinski definition) is 2. The normalized spacial score (nSPS) is 20.0. The second-order valence-corrected chi connectivity index (χ2v) is 9.21. The van der Waals surface area contributed by atoms with E-state index in [2.05, 4.69) is 10.6 Å². The monoisotopic (exact) mass is 518 g/mol. The number of nitrogens with zero attached hydrogens (tertiary/aromatic N) is 2. The van der Waals surface area contributed by atoms with E-state index in [9.17, 15) is 27.6 Å². The van der Waals surface area contributed by atoms with Gasteiger partial charge in [0.25, 0.3) is 5.91 Å². The molecule has 2 saturated heterocycles. The van der Waals surface area contributed by atoms with Crippen LogP contribution in [0.1, 0.15) is 34.3 Å². The van der Waals surface area contributed by atoms with Crippen molar-refractivity contribution in [3.8, 4) is 0 Å². The van der Waals surface area contributed by atoms with Gasteiger partial charge in [0, 0.05) is 37.5 Å². The molecule has 2 aromatic rings. The van der Waals surface area contributed by atoms with E-state index in [1.54, 1.807) is 12.1 Å². The lowest BCUT2D eigenvalue weighted by molar-refractivity contribution is -0.137. The number of halogens is 3. The second kappa shape index (κ2) is 11.2. The largest absolute Gasteiger partial charge is 0.416 e. The summed E-state index contributed by atoms with van der Waals surface area (Å²) < 4.78 is 44.4. The number of amides is 4. The summed E-state index contributed by atoms with van der Waals surface area (Å²) in [4.78, 5) is 42.1. The van der Waals surface area contributed by atoms with Gasteiger partial charge in [0.1, 0.15) is 6.04 Å². The highest BCUT2D eigenvalue weighted by Gasteiger charge is 2.38. The molecule has 0 radical (unpaired) electrons. The molecular weight excluding hydrogens is 489 g/mol. The van der Waals surface area contributed by atoms with E-state index in [0.29, 0.717) is 12.3 Å². The molecule has 0 aliphatic carbocycles. The summed E-state index contributed by atoms with van der Waals surface area (Å²) in [7, 11) is 0. The number of carbonyl (C=O) groups is 3. The number of hydrogen-bond acceptors (Lipinski definition) is 4. The highest BCUT2D eigenvalue weighted by atomic mass is 19.4. The van der Waals surface area contributed by atoms with Gasteiger partial charge in [-0.3, -0.25) is 9.59 Å². The van der Waals surface area contributed by atoms with Crippen LogP contribution in [0.3, 0.4) is 0 Å². The van der Waals surface area contributed by atoms with Crippen LogP contribution < -0.4 is 10.6 Å². The zero-order valence-corrected chi connectivity index (χ0v) is 20.4. The van der Waals surface area contributed by atoms with Crippen molar-refractivity contribution in [2.24, 2.45) is 0 Å². The van der Waals surface area contributed by atoms with E-state index in [1.165, 1.54) is 9.80 Å². The Balaban J connectivity index is 1.49. The summed E-state index contributed by atoms with van der Waals surface area (Å²) in [6, 6.07) is 9.69. The highest BCUT2D eigenvalue weighted by molar-refractivity contribution is 5.98. The van der Waals surface area contributed by atoms with Gasteiger partial charge >= 0.3 is 12.2 Å². The molecule has 2 fully saturated rings. The molecule has 2 aromatic carbocycles. The van der Waals surface area contributed by atoms with Crippen LogP contribution in [-0.4, -0.2) is 72.6 Å². The number of aryl methyl sites for hydroxylation is 1. The van der Waals surface area contributed by atoms with Gasteiger partial charge in [0.15, 0.2) is 0 Å². The van der Waals surface area contributed by atoms with Gasteiger partial charge in [-0.05, 0) is 56.2 Å². The third kappa shape index (κ3) is 6.59. The average molecular weight is 519 g/mol. The predicted molar refractivity (Wildman–Crippen MR) is 130 cm³/mol. The molecule has 4 rings (SSSR count). The first-order valence-electron chi connectivity index (χ1n) is 12.1. The van der Waals surface area contributed by atoms with Crippen molar-refractivity contribution in [1.29, 1.82) is 0 Å². The van der Waals surface area contributed by atoms with Crippen LogP contribution in [0.15, 0.2) is 48.5 Å². The summed E-state index contributed by atoms with van der Waals surface area (Å²) in [6.45, 7) is 2.95. The van der Waals surface area contributed by atoms with Crippen LogP contribution in [0.5, 0.6) is 0 Å². The van der Waals surface area contributed by atoms with E-state index in [0.717, 1.165) is 42.7 Å². The van der Waals surface area contributed by atoms with Gasteiger partial charge in [0.05, 0.1) is 18.2 Å². The fraction of sp³-hybridized carbons (Fsp3) is 0.423. The van der Waals surface area contributed by atoms with Gasteiger partial charge in [-0.25, -0.2) is 4.79 Å². The minimum absolute atomic E-state index is 0.0301. The maximum atomic E-state index is 13.3. The zero-order chi connectivity index (χ0) is 26.6. The number of piperazine rings is 1. The lowest BCUT2D eigenvalue weighted by Crippen LogP contribution is -2.62. The first-order chi connectivity index (χ1) is 17.6. The SMILES string of the molecule is Cc1ccc(NC(=O)N2CCN(C(=O)c3ccc(C(F)(F)F)cc3)C(C(=O)NCC3CCCO3)C2)cc1. The molecule has 0 saturated carbocycles. The molecule has 0 spiro atoms. The van der Waals surface area contributed by atoms with E-state index in [-0.39, 0.29) is 37.8 Å². The lowest BCUT2D eigenvalue weighted by atomic mass is 10.1. The molecule has 8 nitrogen and oxygen atoms in total. The number of carbonyl (C=O) groups excluding carboxylic acids is 3. The second-order valence-electron chi connectivity index (χ2n) is 9.21. The third-order valence-corrected chi connectivity index (χ3v) is 6.52. The Morgan fingerprint density at radius 2 is 1.73 bits per heavy atom. The molecule has 2 atom stereocenters. The maximum absolute atomic E-state index is 13.3. The first-order valence-corrected chi connectivity index (χ1v) is 12.1. The molecule has 2 unspecified atom stereocenters. The van der Waals surface area contributed by atoms with Crippen molar-refractivity contribution in [1.82, 2.24) is 15.1 Å². The van der Waals surface area contributed by atoms with Crippen molar-refractivity contribution in [3.05, 3.63) is 65.2 Å². The Labute approximate surface area is 212 Å². The van der Waals surface area contributed by atoms with Crippen LogP contribution in [0.25, 0.3) is 0 Å². The van der Waals surface area contributed by atoms with Gasteiger partial charge in [-0.2, -0.15) is 13.2 Å². The molecule has 2 heterocycles. The van der Waals surface area contributed by atoms with Crippen molar-refractivity contribution >= 4 is 23.5 Å². The van der Waals surface area contributed by atoms with E-state index >= 15 is 0 Å². The minimum atomic E-state index is -4.53. The summed E-state index contributed by atoms with van der Waals surface area (Å²) in [5, 5.41) is 5.61. The molecule has 4 amide bonds. The molecule has 2 aliphatic heterocycles. The van der Waals surface area contributed by atoms with E-state index in [1.807, 2.05) is 19.1 Å². The van der Waals surface area contributed by atoms with Crippen LogP contribution in [0, 0.1) is 6.92 Å². The number of benzene rings is 2. The number of rotatable bonds is 5. The highest BCUT2D eigenvalue weighted by Crippen LogP contribution is 2.29. The topological polar surface area (TPSA) is 91.0 Å². The number of urea groups is 1. The zero-order valence-electron chi connectivity index (χ0n) is 20.4. The number of ether oxygens (including phenoxy) is 1. The number of alkyl halides is 3. The third-order valence-electron chi connectivity index (χ3n) is 6.52. The Morgan fingerprint density at radius 1 is 1.03 bits per heavy atom. The molecule has 198 valence electrons. The molecular formula is C26H29F3N4O4. The molecule has 37 heavy (non-hydrogen) atoms. The van der Waals surface area contributed by atoms with Gasteiger partial charge in [-0.1, -0.05) is 17.7 Å². The summed E-state index contributed by atoms with van der Waals surface area (Å²) >= 11 is 0. The first kappa shape index (κ1) is 26.5. The summed E-state index contributed by atoms with van der Waals surface area (Å²) in [5.74, 6) is -1.03. The standard InChI is InChI=1S/C26H29F3N4O4/c1-17-4-10-20(11-5-17)31-25(36)32-12-13-33(22(16-32)23(34)30-15-21-3-2-14-37-21)24(35)18-6-8-19(9-7-18)26(27,28)29/h4-11,21-22H,2-3,12-16H2,1H3,(H,30,34)(H,31,36). The number of nitrogens with one attached hydrogen (secondary N) is 2. The molecule has 2 N–H and O–H groups in total. The maximum Gasteiger partial charge on any atom is 0.416 e. The Morgan fingerprint density at radius 3 is 2.35 bits per heavy atom.